The van der Waals surface area contributed by atoms with Crippen molar-refractivity contribution in [3.8, 4) is 12.3 Å². The van der Waals surface area contributed by atoms with Crippen LogP contribution in [-0.4, -0.2) is 24.5 Å². The molecule has 78 valence electrons. The van der Waals surface area contributed by atoms with Gasteiger partial charge in [-0.3, -0.25) is 4.79 Å². The number of unbranched alkanes of at least 4 members (excludes halogenated alkanes) is 1. The number of carbonyl (C=O) groups is 1. The van der Waals surface area contributed by atoms with Crippen LogP contribution in [0.3, 0.4) is 0 Å². The Morgan fingerprint density at radius 2 is 2.36 bits per heavy atom. The number of hydrogen-bond donors (Lipinski definition) is 2. The molecule has 1 saturated carbocycles. The summed E-state index contributed by atoms with van der Waals surface area (Å²) < 4.78 is 0. The van der Waals surface area contributed by atoms with Gasteiger partial charge in [-0.15, -0.1) is 12.3 Å². The number of nitrogens with one attached hydrogen (secondary N) is 2. The van der Waals surface area contributed by atoms with Gasteiger partial charge in [0, 0.05) is 12.5 Å². The van der Waals surface area contributed by atoms with Crippen molar-refractivity contribution in [2.45, 2.75) is 44.7 Å². The molecule has 1 aliphatic rings. The number of rotatable bonds is 6. The predicted octanol–water partition coefficient (Wildman–Crippen LogP) is 0.656. The molecule has 1 amide bonds. The molecule has 0 bridgehead atoms. The third kappa shape index (κ3) is 4.29. The molecule has 14 heavy (non-hydrogen) atoms. The fourth-order valence-corrected chi connectivity index (χ4v) is 1.16. The van der Waals surface area contributed by atoms with Crippen molar-refractivity contribution >= 4 is 5.91 Å². The summed E-state index contributed by atoms with van der Waals surface area (Å²) in [7, 11) is 0. The minimum absolute atomic E-state index is 0.103. The predicted molar refractivity (Wildman–Crippen MR) is 56.7 cm³/mol. The lowest BCUT2D eigenvalue weighted by molar-refractivity contribution is -0.122. The van der Waals surface area contributed by atoms with Crippen molar-refractivity contribution in [2.75, 3.05) is 6.54 Å². The first-order chi connectivity index (χ1) is 6.74. The van der Waals surface area contributed by atoms with Crippen LogP contribution in [0.15, 0.2) is 0 Å². The van der Waals surface area contributed by atoms with Crippen LogP contribution in [0.4, 0.5) is 0 Å². The largest absolute Gasteiger partial charge is 0.352 e. The van der Waals surface area contributed by atoms with Gasteiger partial charge in [-0.05, 0) is 32.7 Å². The van der Waals surface area contributed by atoms with Crippen LogP contribution < -0.4 is 10.6 Å². The third-order valence-electron chi connectivity index (χ3n) is 2.27. The fourth-order valence-electron chi connectivity index (χ4n) is 1.16. The summed E-state index contributed by atoms with van der Waals surface area (Å²) in [5.74, 6) is 2.68. The summed E-state index contributed by atoms with van der Waals surface area (Å²) in [5.41, 5.74) is 0. The molecule has 0 aromatic heterocycles. The maximum absolute atomic E-state index is 11.4. The third-order valence-corrected chi connectivity index (χ3v) is 2.27. The van der Waals surface area contributed by atoms with E-state index >= 15 is 0 Å². The van der Waals surface area contributed by atoms with Crippen LogP contribution >= 0.6 is 0 Å². The normalized spacial score (nSPS) is 17.1. The summed E-state index contributed by atoms with van der Waals surface area (Å²) in [6, 6.07) is 0.339. The van der Waals surface area contributed by atoms with Gasteiger partial charge in [0.1, 0.15) is 0 Å². The molecule has 3 heteroatoms. The molecule has 0 aliphatic heterocycles. The molecule has 0 aromatic carbocycles. The van der Waals surface area contributed by atoms with Gasteiger partial charge in [0.05, 0.1) is 6.04 Å². The zero-order chi connectivity index (χ0) is 10.4. The summed E-state index contributed by atoms with van der Waals surface area (Å²) in [6.45, 7) is 2.69. The second-order valence-corrected chi connectivity index (χ2v) is 3.77. The molecule has 2 N–H and O–H groups in total. The van der Waals surface area contributed by atoms with Crippen molar-refractivity contribution in [1.29, 1.82) is 0 Å². The van der Waals surface area contributed by atoms with E-state index in [9.17, 15) is 4.79 Å². The zero-order valence-corrected chi connectivity index (χ0v) is 8.68. The first-order valence-electron chi connectivity index (χ1n) is 5.21. The van der Waals surface area contributed by atoms with E-state index in [1.165, 1.54) is 0 Å². The van der Waals surface area contributed by atoms with E-state index in [0.29, 0.717) is 6.04 Å². The summed E-state index contributed by atoms with van der Waals surface area (Å²) in [4.78, 5) is 11.4. The number of carbonyl (C=O) groups excluding carboxylic acids is 1. The Balaban J connectivity index is 2.04. The number of amides is 1. The van der Waals surface area contributed by atoms with Crippen LogP contribution in [0.5, 0.6) is 0 Å². The van der Waals surface area contributed by atoms with E-state index in [1.54, 1.807) is 0 Å². The Morgan fingerprint density at radius 3 is 2.93 bits per heavy atom. The van der Waals surface area contributed by atoms with Crippen molar-refractivity contribution in [1.82, 2.24) is 10.6 Å². The molecule has 0 saturated heterocycles. The van der Waals surface area contributed by atoms with E-state index < -0.39 is 0 Å². The number of terminal acetylenes is 1. The van der Waals surface area contributed by atoms with Gasteiger partial charge in [-0.25, -0.2) is 0 Å². The molecule has 3 nitrogen and oxygen atoms in total. The van der Waals surface area contributed by atoms with Crippen LogP contribution in [0.25, 0.3) is 0 Å². The van der Waals surface area contributed by atoms with Crippen molar-refractivity contribution in [3.05, 3.63) is 0 Å². The Hall–Kier alpha value is -1.01. The second-order valence-electron chi connectivity index (χ2n) is 3.77. The van der Waals surface area contributed by atoms with Gasteiger partial charge in [-0.2, -0.15) is 0 Å². The van der Waals surface area contributed by atoms with E-state index in [2.05, 4.69) is 16.6 Å². The highest BCUT2D eigenvalue weighted by atomic mass is 16.2. The molecule has 1 aliphatic carbocycles. The molecule has 1 fully saturated rings. The standard InChI is InChI=1S/C11H18N2O/c1-3-4-5-8-12-9(2)11(14)13-10-6-7-10/h1,9-10,12H,4-8H2,2H3,(H,13,14). The van der Waals surface area contributed by atoms with Gasteiger partial charge in [-0.1, -0.05) is 0 Å². The summed E-state index contributed by atoms with van der Waals surface area (Å²) in [6.07, 6.45) is 9.09. The first-order valence-corrected chi connectivity index (χ1v) is 5.21. The highest BCUT2D eigenvalue weighted by Crippen LogP contribution is 2.18. The molecular formula is C11H18N2O. The lowest BCUT2D eigenvalue weighted by atomic mass is 10.2. The SMILES string of the molecule is C#CCCCNC(C)C(=O)NC1CC1. The van der Waals surface area contributed by atoms with Crippen LogP contribution in [0, 0.1) is 12.3 Å². The van der Waals surface area contributed by atoms with E-state index in [-0.39, 0.29) is 11.9 Å². The van der Waals surface area contributed by atoms with E-state index in [1.807, 2.05) is 6.92 Å². The molecular weight excluding hydrogens is 176 g/mol. The van der Waals surface area contributed by atoms with Crippen molar-refractivity contribution in [3.63, 3.8) is 0 Å². The molecule has 1 rings (SSSR count). The quantitative estimate of drug-likeness (QED) is 0.481. The number of hydrogen-bond acceptors (Lipinski definition) is 2. The highest BCUT2D eigenvalue weighted by Gasteiger charge is 2.25. The minimum atomic E-state index is -0.103. The Morgan fingerprint density at radius 1 is 1.64 bits per heavy atom. The van der Waals surface area contributed by atoms with Crippen molar-refractivity contribution < 1.29 is 4.79 Å². The average Bonchev–Trinajstić information content (AvgIpc) is 2.96. The topological polar surface area (TPSA) is 41.1 Å². The van der Waals surface area contributed by atoms with Crippen LogP contribution in [0.2, 0.25) is 0 Å². The fraction of sp³-hybridized carbons (Fsp3) is 0.727. The Kier molecular flexibility index (Phi) is 4.48. The average molecular weight is 194 g/mol. The molecule has 1 atom stereocenters. The maximum Gasteiger partial charge on any atom is 0.237 e. The van der Waals surface area contributed by atoms with Crippen LogP contribution in [0.1, 0.15) is 32.6 Å². The monoisotopic (exact) mass is 194 g/mol. The summed E-state index contributed by atoms with van der Waals surface area (Å²) in [5, 5.41) is 6.10. The van der Waals surface area contributed by atoms with Crippen LogP contribution in [-0.2, 0) is 4.79 Å². The lowest BCUT2D eigenvalue weighted by Crippen LogP contribution is -2.43. The molecule has 0 spiro atoms. The van der Waals surface area contributed by atoms with Crippen molar-refractivity contribution in [2.24, 2.45) is 0 Å². The molecule has 0 aromatic rings. The van der Waals surface area contributed by atoms with Gasteiger partial charge in [0.25, 0.3) is 0 Å². The zero-order valence-electron chi connectivity index (χ0n) is 8.68. The highest BCUT2D eigenvalue weighted by molar-refractivity contribution is 5.81. The van der Waals surface area contributed by atoms with E-state index in [4.69, 9.17) is 6.42 Å². The van der Waals surface area contributed by atoms with Gasteiger partial charge in [0.15, 0.2) is 0 Å². The smallest absolute Gasteiger partial charge is 0.237 e. The molecule has 0 radical (unpaired) electrons. The molecule has 0 heterocycles. The second kappa shape index (κ2) is 5.66. The lowest BCUT2D eigenvalue weighted by Gasteiger charge is -2.12. The van der Waals surface area contributed by atoms with E-state index in [0.717, 1.165) is 32.2 Å². The minimum Gasteiger partial charge on any atom is -0.352 e. The Labute approximate surface area is 85.6 Å². The molecule has 1 unspecified atom stereocenters. The first kappa shape index (κ1) is 11.1. The van der Waals surface area contributed by atoms with Gasteiger partial charge >= 0.3 is 0 Å². The summed E-state index contributed by atoms with van der Waals surface area (Å²) >= 11 is 0. The maximum atomic E-state index is 11.4. The van der Waals surface area contributed by atoms with Gasteiger partial charge < -0.3 is 10.6 Å². The Bertz CT molecular complexity index is 228. The van der Waals surface area contributed by atoms with Gasteiger partial charge in [0.2, 0.25) is 5.91 Å².